The highest BCUT2D eigenvalue weighted by molar-refractivity contribution is 5.54. The molecule has 0 atom stereocenters. The average molecular weight is 427 g/mol. The van der Waals surface area contributed by atoms with Crippen molar-refractivity contribution in [2.24, 2.45) is 5.92 Å². The summed E-state index contributed by atoms with van der Waals surface area (Å²) in [5.41, 5.74) is 4.56. The third-order valence-corrected chi connectivity index (χ3v) is 6.94. The minimum absolute atomic E-state index is 0.0901. The van der Waals surface area contributed by atoms with Crippen LogP contribution in [0, 0.1) is 19.8 Å². The number of hydrogen-bond donors (Lipinski definition) is 4. The molecule has 1 aliphatic carbocycles. The average Bonchev–Trinajstić information content (AvgIpc) is 2.77. The first-order valence-electron chi connectivity index (χ1n) is 11.8. The summed E-state index contributed by atoms with van der Waals surface area (Å²) in [5, 5.41) is 41.8. The van der Waals surface area contributed by atoms with E-state index in [0.717, 1.165) is 59.1 Å². The maximum Gasteiger partial charge on any atom is 0.122 e. The van der Waals surface area contributed by atoms with Gasteiger partial charge in [0, 0.05) is 17.0 Å². The Morgan fingerprint density at radius 3 is 1.45 bits per heavy atom. The van der Waals surface area contributed by atoms with E-state index in [2.05, 4.69) is 0 Å². The normalized spacial score (nSPS) is 16.5. The predicted octanol–water partition coefficient (Wildman–Crippen LogP) is 5.97. The van der Waals surface area contributed by atoms with E-state index in [-0.39, 0.29) is 36.5 Å². The second-order valence-electron chi connectivity index (χ2n) is 9.31. The van der Waals surface area contributed by atoms with Crippen LogP contribution in [0.5, 0.6) is 11.5 Å². The number of benzene rings is 2. The number of aliphatic hydroxyl groups is 2. The number of aryl methyl sites for hydroxylation is 2. The monoisotopic (exact) mass is 426 g/mol. The Morgan fingerprint density at radius 2 is 1.06 bits per heavy atom. The van der Waals surface area contributed by atoms with Crippen LogP contribution < -0.4 is 0 Å². The number of phenols is 2. The Morgan fingerprint density at radius 1 is 0.677 bits per heavy atom. The quantitative estimate of drug-likeness (QED) is 0.475. The van der Waals surface area contributed by atoms with Crippen LogP contribution in [0.3, 0.4) is 0 Å². The Labute approximate surface area is 186 Å². The van der Waals surface area contributed by atoms with Gasteiger partial charge in [-0.05, 0) is 67.0 Å². The maximum absolute atomic E-state index is 11.1. The van der Waals surface area contributed by atoms with Gasteiger partial charge in [0.1, 0.15) is 11.5 Å². The van der Waals surface area contributed by atoms with Crippen LogP contribution >= 0.6 is 0 Å². The lowest BCUT2D eigenvalue weighted by Crippen LogP contribution is -2.17. The van der Waals surface area contributed by atoms with E-state index in [1.807, 2.05) is 38.1 Å². The lowest BCUT2D eigenvalue weighted by atomic mass is 9.73. The SMILES string of the molecule is Cc1cc(CO)cc(C(c2cc(CO)cc(C)c2O)C2CCCCCCCCC2)c1O. The van der Waals surface area contributed by atoms with E-state index in [9.17, 15) is 20.4 Å². The molecule has 4 N–H and O–H groups in total. The lowest BCUT2D eigenvalue weighted by Gasteiger charge is -2.31. The third-order valence-electron chi connectivity index (χ3n) is 6.94. The van der Waals surface area contributed by atoms with Gasteiger partial charge in [0.2, 0.25) is 0 Å². The summed E-state index contributed by atoms with van der Waals surface area (Å²) >= 11 is 0. The van der Waals surface area contributed by atoms with Gasteiger partial charge in [0.25, 0.3) is 0 Å². The summed E-state index contributed by atoms with van der Waals surface area (Å²) in [5.74, 6) is 0.572. The molecule has 4 nitrogen and oxygen atoms in total. The first-order chi connectivity index (χ1) is 15.0. The first kappa shape index (κ1) is 23.6. The smallest absolute Gasteiger partial charge is 0.122 e. The fourth-order valence-electron chi connectivity index (χ4n) is 5.27. The molecule has 2 aromatic rings. The summed E-state index contributed by atoms with van der Waals surface area (Å²) in [7, 11) is 0. The molecule has 2 aromatic carbocycles. The summed E-state index contributed by atoms with van der Waals surface area (Å²) in [6.45, 7) is 3.54. The molecule has 0 radical (unpaired) electrons. The van der Waals surface area contributed by atoms with Crippen molar-refractivity contribution in [3.8, 4) is 11.5 Å². The van der Waals surface area contributed by atoms with Gasteiger partial charge in [-0.2, -0.15) is 0 Å². The topological polar surface area (TPSA) is 80.9 Å². The number of hydrogen-bond acceptors (Lipinski definition) is 4. The highest BCUT2D eigenvalue weighted by Crippen LogP contribution is 2.47. The van der Waals surface area contributed by atoms with Crippen LogP contribution in [0.4, 0.5) is 0 Å². The highest BCUT2D eigenvalue weighted by atomic mass is 16.3. The number of rotatable bonds is 5. The van der Waals surface area contributed by atoms with Gasteiger partial charge in [-0.3, -0.25) is 0 Å². The summed E-state index contributed by atoms with van der Waals surface area (Å²) < 4.78 is 0. The molecule has 0 aliphatic heterocycles. The molecule has 0 amide bonds. The van der Waals surface area contributed by atoms with E-state index >= 15 is 0 Å². The Balaban J connectivity index is 2.17. The summed E-state index contributed by atoms with van der Waals surface area (Å²) in [6, 6.07) is 7.43. The zero-order chi connectivity index (χ0) is 22.4. The minimum Gasteiger partial charge on any atom is -0.507 e. The maximum atomic E-state index is 11.1. The van der Waals surface area contributed by atoms with Crippen molar-refractivity contribution in [3.63, 3.8) is 0 Å². The van der Waals surface area contributed by atoms with Crippen LogP contribution in [-0.2, 0) is 13.2 Å². The molecule has 1 fully saturated rings. The van der Waals surface area contributed by atoms with Crippen molar-refractivity contribution in [2.45, 2.75) is 90.8 Å². The lowest BCUT2D eigenvalue weighted by molar-refractivity contribution is 0.280. The number of phenolic OH excluding ortho intramolecular Hbond substituents is 2. The van der Waals surface area contributed by atoms with Gasteiger partial charge < -0.3 is 20.4 Å². The molecule has 4 heteroatoms. The number of aromatic hydroxyl groups is 2. The molecule has 1 saturated carbocycles. The zero-order valence-electron chi connectivity index (χ0n) is 19.0. The van der Waals surface area contributed by atoms with Crippen molar-refractivity contribution in [1.29, 1.82) is 0 Å². The molecular weight excluding hydrogens is 388 g/mol. The highest BCUT2D eigenvalue weighted by Gasteiger charge is 2.31. The van der Waals surface area contributed by atoms with Crippen molar-refractivity contribution < 1.29 is 20.4 Å². The van der Waals surface area contributed by atoms with Crippen LogP contribution in [0.1, 0.15) is 97.1 Å². The molecule has 0 unspecified atom stereocenters. The zero-order valence-corrected chi connectivity index (χ0v) is 19.0. The summed E-state index contributed by atoms with van der Waals surface area (Å²) in [4.78, 5) is 0. The van der Waals surface area contributed by atoms with Crippen molar-refractivity contribution in [2.75, 3.05) is 0 Å². The van der Waals surface area contributed by atoms with E-state index < -0.39 is 0 Å². The molecule has 0 spiro atoms. The molecule has 31 heavy (non-hydrogen) atoms. The van der Waals surface area contributed by atoms with Gasteiger partial charge in [0.15, 0.2) is 0 Å². The van der Waals surface area contributed by atoms with Crippen molar-refractivity contribution in [1.82, 2.24) is 0 Å². The Kier molecular flexibility index (Phi) is 8.39. The molecule has 1 aliphatic rings. The van der Waals surface area contributed by atoms with Crippen LogP contribution in [0.25, 0.3) is 0 Å². The molecule has 0 heterocycles. The molecule has 0 bridgehead atoms. The summed E-state index contributed by atoms with van der Waals surface area (Å²) in [6.07, 6.45) is 10.6. The van der Waals surface area contributed by atoms with Gasteiger partial charge in [-0.1, -0.05) is 57.1 Å². The Hall–Kier alpha value is -2.04. The minimum atomic E-state index is -0.185. The largest absolute Gasteiger partial charge is 0.507 e. The fourth-order valence-corrected chi connectivity index (χ4v) is 5.27. The van der Waals surface area contributed by atoms with Gasteiger partial charge in [-0.15, -0.1) is 0 Å². The van der Waals surface area contributed by atoms with Crippen LogP contribution in [0.2, 0.25) is 0 Å². The second kappa shape index (κ2) is 11.0. The Bertz CT molecular complexity index is 805. The van der Waals surface area contributed by atoms with Gasteiger partial charge in [-0.25, -0.2) is 0 Å². The molecule has 170 valence electrons. The molecule has 3 rings (SSSR count). The standard InChI is InChI=1S/C27H38O4/c1-18-12-20(16-28)14-23(26(18)30)25(22-10-8-6-4-3-5-7-9-11-22)24-15-21(17-29)13-19(2)27(24)31/h12-15,22,25,28-31H,3-11,16-17H2,1-2H3. The van der Waals surface area contributed by atoms with E-state index in [1.54, 1.807) is 0 Å². The van der Waals surface area contributed by atoms with E-state index in [4.69, 9.17) is 0 Å². The van der Waals surface area contributed by atoms with Gasteiger partial charge >= 0.3 is 0 Å². The van der Waals surface area contributed by atoms with E-state index in [0.29, 0.717) is 0 Å². The van der Waals surface area contributed by atoms with Crippen molar-refractivity contribution in [3.05, 3.63) is 57.6 Å². The van der Waals surface area contributed by atoms with Gasteiger partial charge in [0.05, 0.1) is 13.2 Å². The molecule has 0 saturated heterocycles. The molecular formula is C27H38O4. The number of aliphatic hydroxyl groups excluding tert-OH is 2. The second-order valence-corrected chi connectivity index (χ2v) is 9.31. The fraction of sp³-hybridized carbons (Fsp3) is 0.556. The van der Waals surface area contributed by atoms with Crippen molar-refractivity contribution >= 4 is 0 Å². The predicted molar refractivity (Wildman–Crippen MR) is 124 cm³/mol. The molecule has 0 aromatic heterocycles. The third kappa shape index (κ3) is 5.61. The first-order valence-corrected chi connectivity index (χ1v) is 11.8. The van der Waals surface area contributed by atoms with Crippen LogP contribution in [0.15, 0.2) is 24.3 Å². The van der Waals surface area contributed by atoms with Crippen LogP contribution in [-0.4, -0.2) is 20.4 Å². The van der Waals surface area contributed by atoms with E-state index in [1.165, 1.54) is 32.1 Å².